The Labute approximate surface area is 182 Å². The molecule has 4 nitrogen and oxygen atoms in total. The van der Waals surface area contributed by atoms with Crippen LogP contribution in [0.2, 0.25) is 0 Å². The zero-order chi connectivity index (χ0) is 23.0. The molecule has 2 N–H and O–H groups in total. The van der Waals surface area contributed by atoms with Crippen LogP contribution in [0.25, 0.3) is 16.5 Å². The van der Waals surface area contributed by atoms with Crippen molar-refractivity contribution in [2.45, 2.75) is 78.2 Å². The van der Waals surface area contributed by atoms with E-state index in [1.165, 1.54) is 18.9 Å². The molecule has 0 bridgehead atoms. The van der Waals surface area contributed by atoms with E-state index in [0.29, 0.717) is 10.9 Å². The summed E-state index contributed by atoms with van der Waals surface area (Å²) in [5, 5.41) is 18.7. The third kappa shape index (κ3) is 5.88. The fourth-order valence-corrected chi connectivity index (χ4v) is 4.13. The van der Waals surface area contributed by atoms with Gasteiger partial charge in [-0.3, -0.25) is 4.79 Å². The first-order valence-corrected chi connectivity index (χ1v) is 10.7. The number of carbonyl (C=O) groups is 1. The van der Waals surface area contributed by atoms with Gasteiger partial charge in [-0.15, -0.1) is 0 Å². The second-order valence-electron chi connectivity index (χ2n) is 9.83. The third-order valence-corrected chi connectivity index (χ3v) is 5.88. The molecular weight excluding hydrogens is 400 g/mol. The molecule has 1 heterocycles. The van der Waals surface area contributed by atoms with Gasteiger partial charge in [-0.25, -0.2) is 13.8 Å². The molecule has 2 aliphatic carbocycles. The lowest BCUT2D eigenvalue weighted by atomic mass is 9.80. The first kappa shape index (κ1) is 23.3. The first-order valence-electron chi connectivity index (χ1n) is 10.7. The predicted octanol–water partition coefficient (Wildman–Crippen LogP) is 6.23. The van der Waals surface area contributed by atoms with Gasteiger partial charge in [0.25, 0.3) is 6.43 Å². The van der Waals surface area contributed by atoms with Gasteiger partial charge in [0.1, 0.15) is 5.69 Å². The van der Waals surface area contributed by atoms with Crippen molar-refractivity contribution < 1.29 is 23.8 Å². The molecule has 0 aliphatic heterocycles. The number of hydrogen-bond acceptors (Lipinski definition) is 3. The van der Waals surface area contributed by atoms with Crippen LogP contribution in [0.3, 0.4) is 0 Å². The number of fused-ring (bicyclic) bond motifs is 1. The molecule has 1 fully saturated rings. The fourth-order valence-electron chi connectivity index (χ4n) is 4.13. The molecule has 31 heavy (non-hydrogen) atoms. The molecule has 2 aliphatic rings. The maximum Gasteiger partial charge on any atom is 0.307 e. The number of aliphatic hydroxyl groups is 1. The zero-order valence-corrected chi connectivity index (χ0v) is 18.6. The fraction of sp³-hybridized carbons (Fsp3) is 0.520. The van der Waals surface area contributed by atoms with Crippen LogP contribution in [-0.2, 0) is 11.2 Å². The largest absolute Gasteiger partial charge is 0.481 e. The molecule has 0 radical (unpaired) electrons. The van der Waals surface area contributed by atoms with E-state index >= 15 is 0 Å². The van der Waals surface area contributed by atoms with Crippen LogP contribution in [0.15, 0.2) is 24.3 Å². The molecule has 0 amide bonds. The van der Waals surface area contributed by atoms with Crippen LogP contribution in [0.5, 0.6) is 0 Å². The van der Waals surface area contributed by atoms with E-state index in [1.807, 2.05) is 6.92 Å². The topological polar surface area (TPSA) is 70.4 Å². The van der Waals surface area contributed by atoms with Crippen LogP contribution in [0, 0.1) is 12.3 Å². The van der Waals surface area contributed by atoms with Gasteiger partial charge in [0, 0.05) is 5.39 Å². The summed E-state index contributed by atoms with van der Waals surface area (Å²) in [4.78, 5) is 15.5. The van der Waals surface area contributed by atoms with Gasteiger partial charge >= 0.3 is 5.97 Å². The van der Waals surface area contributed by atoms with Crippen LogP contribution in [-0.4, -0.2) is 26.8 Å². The number of aliphatic carboxylic acids is 1. The van der Waals surface area contributed by atoms with Gasteiger partial charge in [-0.2, -0.15) is 0 Å². The Morgan fingerprint density at radius 1 is 1.23 bits per heavy atom. The quantitative estimate of drug-likeness (QED) is 0.602. The average molecular weight is 432 g/mol. The van der Waals surface area contributed by atoms with E-state index in [9.17, 15) is 18.7 Å². The van der Waals surface area contributed by atoms with E-state index in [2.05, 4.69) is 11.1 Å². The SMILES string of the molecule is CC(C)(C)O.Cc1cc2nc(C(F)F)ccc2c(C2=CCC3(CC2)CC3)c1CC(=O)O. The monoisotopic (exact) mass is 431 g/mol. The molecule has 168 valence electrons. The summed E-state index contributed by atoms with van der Waals surface area (Å²) in [5.74, 6) is -0.888. The summed E-state index contributed by atoms with van der Waals surface area (Å²) in [6, 6.07) is 4.75. The minimum atomic E-state index is -2.62. The Hall–Kier alpha value is -2.34. The normalized spacial score (nSPS) is 17.4. The van der Waals surface area contributed by atoms with Crippen LogP contribution in [0.1, 0.15) is 81.7 Å². The Bertz CT molecular complexity index is 1010. The number of halogens is 2. The number of pyridine rings is 1. The van der Waals surface area contributed by atoms with Crippen LogP contribution < -0.4 is 0 Å². The summed E-state index contributed by atoms with van der Waals surface area (Å²) in [7, 11) is 0. The van der Waals surface area contributed by atoms with Crippen molar-refractivity contribution in [1.29, 1.82) is 0 Å². The van der Waals surface area contributed by atoms with E-state index in [0.717, 1.165) is 46.9 Å². The molecule has 1 aromatic carbocycles. The lowest BCUT2D eigenvalue weighted by Gasteiger charge is -2.24. The molecule has 6 heteroatoms. The molecule has 0 saturated heterocycles. The second kappa shape index (κ2) is 8.65. The molecule has 1 saturated carbocycles. The number of rotatable bonds is 4. The van der Waals surface area contributed by atoms with E-state index in [1.54, 1.807) is 32.9 Å². The van der Waals surface area contributed by atoms with Crippen molar-refractivity contribution in [2.75, 3.05) is 0 Å². The molecule has 1 spiro atoms. The number of nitrogens with zero attached hydrogens (tertiary/aromatic N) is 1. The molecule has 0 unspecified atom stereocenters. The lowest BCUT2D eigenvalue weighted by molar-refractivity contribution is -0.136. The Morgan fingerprint density at radius 2 is 1.87 bits per heavy atom. The number of carboxylic acid groups (broad SMARTS) is 1. The maximum atomic E-state index is 13.0. The summed E-state index contributed by atoms with van der Waals surface area (Å²) < 4.78 is 26.1. The smallest absolute Gasteiger partial charge is 0.307 e. The van der Waals surface area contributed by atoms with Gasteiger partial charge in [0.15, 0.2) is 0 Å². The highest BCUT2D eigenvalue weighted by Crippen LogP contribution is 2.57. The van der Waals surface area contributed by atoms with Gasteiger partial charge in [-0.1, -0.05) is 12.1 Å². The number of alkyl halides is 2. The number of hydrogen-bond donors (Lipinski definition) is 2. The second-order valence-corrected chi connectivity index (χ2v) is 9.83. The van der Waals surface area contributed by atoms with E-state index in [-0.39, 0.29) is 12.1 Å². The van der Waals surface area contributed by atoms with Crippen molar-refractivity contribution in [3.63, 3.8) is 0 Å². The Kier molecular flexibility index (Phi) is 6.51. The highest BCUT2D eigenvalue weighted by Gasteiger charge is 2.43. The van der Waals surface area contributed by atoms with Crippen molar-refractivity contribution in [1.82, 2.24) is 4.98 Å². The number of aromatic nitrogens is 1. The van der Waals surface area contributed by atoms with Crippen molar-refractivity contribution >= 4 is 22.4 Å². The molecule has 2 aromatic rings. The molecular formula is C25H31F2NO3. The minimum absolute atomic E-state index is 0.0732. The third-order valence-electron chi connectivity index (χ3n) is 5.88. The van der Waals surface area contributed by atoms with Crippen molar-refractivity contribution in [2.24, 2.45) is 5.41 Å². The van der Waals surface area contributed by atoms with Crippen LogP contribution in [0.4, 0.5) is 8.78 Å². The highest BCUT2D eigenvalue weighted by atomic mass is 19.3. The van der Waals surface area contributed by atoms with Gasteiger partial charge < -0.3 is 10.2 Å². The summed E-state index contributed by atoms with van der Waals surface area (Å²) >= 11 is 0. The van der Waals surface area contributed by atoms with Gasteiger partial charge in [0.05, 0.1) is 17.5 Å². The Balaban J connectivity index is 0.000000491. The zero-order valence-electron chi connectivity index (χ0n) is 18.6. The Morgan fingerprint density at radius 3 is 2.35 bits per heavy atom. The highest BCUT2D eigenvalue weighted by molar-refractivity contribution is 5.95. The average Bonchev–Trinajstić information content (AvgIpc) is 3.40. The maximum absolute atomic E-state index is 13.0. The van der Waals surface area contributed by atoms with Crippen LogP contribution >= 0.6 is 0 Å². The number of allylic oxidation sites excluding steroid dienone is 2. The predicted molar refractivity (Wildman–Crippen MR) is 118 cm³/mol. The van der Waals surface area contributed by atoms with Crippen molar-refractivity contribution in [3.8, 4) is 0 Å². The van der Waals surface area contributed by atoms with Gasteiger partial charge in [-0.05, 0) is 99.6 Å². The van der Waals surface area contributed by atoms with E-state index < -0.39 is 18.0 Å². The summed E-state index contributed by atoms with van der Waals surface area (Å²) in [6.45, 7) is 7.07. The minimum Gasteiger partial charge on any atom is -0.481 e. The molecule has 0 atom stereocenters. The van der Waals surface area contributed by atoms with Crippen molar-refractivity contribution in [3.05, 3.63) is 46.7 Å². The molecule has 4 rings (SSSR count). The van der Waals surface area contributed by atoms with Gasteiger partial charge in [0.2, 0.25) is 0 Å². The summed E-state index contributed by atoms with van der Waals surface area (Å²) in [5.41, 5.74) is 3.83. The lowest BCUT2D eigenvalue weighted by Crippen LogP contribution is -2.11. The summed E-state index contributed by atoms with van der Waals surface area (Å²) in [6.07, 6.45) is 5.12. The van der Waals surface area contributed by atoms with E-state index in [4.69, 9.17) is 5.11 Å². The standard InChI is InChI=1S/C21H21F2NO2.C4H10O/c1-12-10-17-14(2-3-16(24-17)20(22)23)19(15(12)11-18(25)26)13-4-6-21(7-5-13)8-9-21;1-4(2,3)5/h2-4,10,20H,5-9,11H2,1H3,(H,25,26);5H,1-3H3. The number of benzene rings is 1. The first-order chi connectivity index (χ1) is 14.4. The number of aryl methyl sites for hydroxylation is 1. The number of carboxylic acids is 1. The molecule has 1 aromatic heterocycles.